The lowest BCUT2D eigenvalue weighted by Gasteiger charge is -2.37. The fourth-order valence-corrected chi connectivity index (χ4v) is 4.03. The van der Waals surface area contributed by atoms with Gasteiger partial charge in [0.05, 0.1) is 12.5 Å². The lowest BCUT2D eigenvalue weighted by atomic mass is 9.93. The first-order valence-corrected chi connectivity index (χ1v) is 10.1. The topological polar surface area (TPSA) is 58.6 Å². The molecular formula is C21H29FN2O3. The molecule has 0 bridgehead atoms. The number of ether oxygens (including phenoxy) is 1. The number of carbonyl (C=O) groups excluding carboxylic acids is 2. The molecule has 0 radical (unpaired) electrons. The van der Waals surface area contributed by atoms with Crippen molar-refractivity contribution in [2.45, 2.75) is 57.4 Å². The third-order valence-corrected chi connectivity index (χ3v) is 5.56. The highest BCUT2D eigenvalue weighted by atomic mass is 19.1. The Morgan fingerprint density at radius 1 is 1.11 bits per heavy atom. The van der Waals surface area contributed by atoms with Gasteiger partial charge in [-0.15, -0.1) is 0 Å². The highest BCUT2D eigenvalue weighted by Gasteiger charge is 2.34. The van der Waals surface area contributed by atoms with E-state index in [4.69, 9.17) is 4.74 Å². The third-order valence-electron chi connectivity index (χ3n) is 5.56. The summed E-state index contributed by atoms with van der Waals surface area (Å²) in [6, 6.07) is 6.12. The number of nitrogens with zero attached hydrogens (tertiary/aromatic N) is 1. The van der Waals surface area contributed by atoms with E-state index in [1.807, 2.05) is 4.90 Å². The van der Waals surface area contributed by atoms with Gasteiger partial charge in [0.25, 0.3) is 0 Å². The average molecular weight is 376 g/mol. The summed E-state index contributed by atoms with van der Waals surface area (Å²) < 4.78 is 18.4. The van der Waals surface area contributed by atoms with Gasteiger partial charge in [-0.2, -0.15) is 0 Å². The zero-order valence-corrected chi connectivity index (χ0v) is 15.8. The SMILES string of the molecule is O=C(NCCOc1ccc(F)cc1)C1CCC(=O)N(C2CCCCCC2)C1. The fourth-order valence-electron chi connectivity index (χ4n) is 4.03. The molecule has 1 saturated carbocycles. The Hall–Kier alpha value is -2.11. The van der Waals surface area contributed by atoms with Crippen molar-refractivity contribution < 1.29 is 18.7 Å². The molecule has 1 N–H and O–H groups in total. The monoisotopic (exact) mass is 376 g/mol. The van der Waals surface area contributed by atoms with E-state index in [-0.39, 0.29) is 23.5 Å². The van der Waals surface area contributed by atoms with Crippen LogP contribution in [0.2, 0.25) is 0 Å². The van der Waals surface area contributed by atoms with Crippen molar-refractivity contribution in [1.29, 1.82) is 0 Å². The number of amides is 2. The second-order valence-electron chi connectivity index (χ2n) is 7.52. The first kappa shape index (κ1) is 19.6. The maximum absolute atomic E-state index is 12.9. The van der Waals surface area contributed by atoms with Crippen LogP contribution in [-0.4, -0.2) is 42.5 Å². The number of carbonyl (C=O) groups is 2. The molecule has 6 heteroatoms. The summed E-state index contributed by atoms with van der Waals surface area (Å²) in [7, 11) is 0. The van der Waals surface area contributed by atoms with Crippen molar-refractivity contribution in [3.63, 3.8) is 0 Å². The molecule has 1 atom stereocenters. The molecule has 1 aliphatic carbocycles. The number of nitrogens with one attached hydrogen (secondary N) is 1. The highest BCUT2D eigenvalue weighted by Crippen LogP contribution is 2.27. The van der Waals surface area contributed by atoms with Crippen molar-refractivity contribution in [2.24, 2.45) is 5.92 Å². The van der Waals surface area contributed by atoms with Crippen LogP contribution in [0.1, 0.15) is 51.4 Å². The van der Waals surface area contributed by atoms with E-state index in [9.17, 15) is 14.0 Å². The number of rotatable bonds is 6. The zero-order valence-electron chi connectivity index (χ0n) is 15.8. The predicted molar refractivity (Wildman–Crippen MR) is 101 cm³/mol. The second-order valence-corrected chi connectivity index (χ2v) is 7.52. The minimum Gasteiger partial charge on any atom is -0.492 e. The van der Waals surface area contributed by atoms with Gasteiger partial charge >= 0.3 is 0 Å². The molecule has 148 valence electrons. The van der Waals surface area contributed by atoms with Crippen LogP contribution in [0.4, 0.5) is 4.39 Å². The van der Waals surface area contributed by atoms with Crippen molar-refractivity contribution >= 4 is 11.8 Å². The lowest BCUT2D eigenvalue weighted by molar-refractivity contribution is -0.141. The van der Waals surface area contributed by atoms with Gasteiger partial charge in [0.1, 0.15) is 18.2 Å². The van der Waals surface area contributed by atoms with Crippen molar-refractivity contribution in [3.8, 4) is 5.75 Å². The zero-order chi connectivity index (χ0) is 19.1. The van der Waals surface area contributed by atoms with Gasteiger partial charge in [-0.3, -0.25) is 9.59 Å². The molecule has 1 unspecified atom stereocenters. The Kier molecular flexibility index (Phi) is 7.07. The molecule has 2 amide bonds. The fraction of sp³-hybridized carbons (Fsp3) is 0.619. The molecule has 27 heavy (non-hydrogen) atoms. The Morgan fingerprint density at radius 3 is 2.52 bits per heavy atom. The number of benzene rings is 1. The number of hydrogen-bond donors (Lipinski definition) is 1. The summed E-state index contributed by atoms with van der Waals surface area (Å²) in [4.78, 5) is 26.8. The van der Waals surface area contributed by atoms with Gasteiger partial charge in [-0.05, 0) is 43.5 Å². The van der Waals surface area contributed by atoms with Crippen LogP contribution in [0.15, 0.2) is 24.3 Å². The smallest absolute Gasteiger partial charge is 0.225 e. The summed E-state index contributed by atoms with van der Waals surface area (Å²) >= 11 is 0. The summed E-state index contributed by atoms with van der Waals surface area (Å²) in [5.74, 6) is 0.320. The normalized spacial score (nSPS) is 21.6. The minimum absolute atomic E-state index is 0.0103. The van der Waals surface area contributed by atoms with Gasteiger partial charge in [-0.25, -0.2) is 4.39 Å². The highest BCUT2D eigenvalue weighted by molar-refractivity contribution is 5.84. The second kappa shape index (κ2) is 9.72. The number of piperidine rings is 1. The van der Waals surface area contributed by atoms with Gasteiger partial charge < -0.3 is 15.0 Å². The quantitative estimate of drug-likeness (QED) is 0.612. The van der Waals surface area contributed by atoms with E-state index >= 15 is 0 Å². The number of hydrogen-bond acceptors (Lipinski definition) is 3. The third kappa shape index (κ3) is 5.68. The van der Waals surface area contributed by atoms with Crippen LogP contribution >= 0.6 is 0 Å². The first-order chi connectivity index (χ1) is 13.1. The van der Waals surface area contributed by atoms with Crippen LogP contribution < -0.4 is 10.1 Å². The molecule has 1 aliphatic heterocycles. The van der Waals surface area contributed by atoms with Crippen LogP contribution in [-0.2, 0) is 9.59 Å². The van der Waals surface area contributed by atoms with Gasteiger partial charge in [0, 0.05) is 19.0 Å². The maximum Gasteiger partial charge on any atom is 0.225 e. The summed E-state index contributed by atoms with van der Waals surface area (Å²) in [6.07, 6.45) is 8.04. The summed E-state index contributed by atoms with van der Waals surface area (Å²) in [5, 5.41) is 2.91. The average Bonchev–Trinajstić information content (AvgIpc) is 2.96. The van der Waals surface area contributed by atoms with E-state index in [1.54, 1.807) is 12.1 Å². The van der Waals surface area contributed by atoms with Crippen molar-refractivity contribution in [1.82, 2.24) is 10.2 Å². The van der Waals surface area contributed by atoms with Crippen LogP contribution in [0.3, 0.4) is 0 Å². The van der Waals surface area contributed by atoms with Gasteiger partial charge in [-0.1, -0.05) is 25.7 Å². The van der Waals surface area contributed by atoms with E-state index in [1.165, 1.54) is 37.8 Å². The molecule has 2 fully saturated rings. The van der Waals surface area contributed by atoms with Gasteiger partial charge in [0.2, 0.25) is 11.8 Å². The maximum atomic E-state index is 12.9. The Labute approximate surface area is 160 Å². The van der Waals surface area contributed by atoms with Crippen molar-refractivity contribution in [3.05, 3.63) is 30.1 Å². The predicted octanol–water partition coefficient (Wildman–Crippen LogP) is 3.28. The Bertz CT molecular complexity index is 627. The van der Waals surface area contributed by atoms with Crippen LogP contribution in [0, 0.1) is 11.7 Å². The largest absolute Gasteiger partial charge is 0.492 e. The molecule has 2 aliphatic rings. The molecule has 3 rings (SSSR count). The summed E-state index contributed by atoms with van der Waals surface area (Å²) in [5.41, 5.74) is 0. The molecule has 0 spiro atoms. The van der Waals surface area contributed by atoms with Crippen molar-refractivity contribution in [2.75, 3.05) is 19.7 Å². The molecule has 1 heterocycles. The standard InChI is InChI=1S/C21H29FN2O3/c22-17-8-10-19(11-9-17)27-14-13-23-21(26)16-7-12-20(25)24(15-16)18-5-3-1-2-4-6-18/h8-11,16,18H,1-7,12-15H2,(H,23,26). The number of halogens is 1. The van der Waals surface area contributed by atoms with E-state index in [0.717, 1.165) is 12.8 Å². The Balaban J connectivity index is 1.43. The molecular weight excluding hydrogens is 347 g/mol. The number of likely N-dealkylation sites (tertiary alicyclic amines) is 1. The molecule has 5 nitrogen and oxygen atoms in total. The molecule has 1 aromatic rings. The Morgan fingerprint density at radius 2 is 1.81 bits per heavy atom. The summed E-state index contributed by atoms with van der Waals surface area (Å²) in [6.45, 7) is 1.26. The molecule has 0 aromatic heterocycles. The van der Waals surface area contributed by atoms with E-state index < -0.39 is 0 Å². The van der Waals surface area contributed by atoms with Gasteiger partial charge in [0.15, 0.2) is 0 Å². The van der Waals surface area contributed by atoms with E-state index in [2.05, 4.69) is 5.32 Å². The van der Waals surface area contributed by atoms with E-state index in [0.29, 0.717) is 44.3 Å². The molecule has 1 saturated heterocycles. The van der Waals surface area contributed by atoms with Crippen LogP contribution in [0.25, 0.3) is 0 Å². The first-order valence-electron chi connectivity index (χ1n) is 10.1. The minimum atomic E-state index is -0.305. The van der Waals surface area contributed by atoms with Crippen LogP contribution in [0.5, 0.6) is 5.75 Å². The lowest BCUT2D eigenvalue weighted by Crippen LogP contribution is -2.50. The molecule has 1 aromatic carbocycles.